The quantitative estimate of drug-likeness (QED) is 0.711. The van der Waals surface area contributed by atoms with Gasteiger partial charge in [0.25, 0.3) is 0 Å². The molecule has 0 fully saturated rings. The Morgan fingerprint density at radius 2 is 2.00 bits per heavy atom. The maximum Gasteiger partial charge on any atom is 0.309 e. The van der Waals surface area contributed by atoms with Gasteiger partial charge in [0.1, 0.15) is 0 Å². The number of aliphatic hydroxyl groups is 1. The molecular formula is C14H18O3. The van der Waals surface area contributed by atoms with Crippen molar-refractivity contribution in [3.63, 3.8) is 0 Å². The number of aryl methyl sites for hydroxylation is 1. The summed E-state index contributed by atoms with van der Waals surface area (Å²) in [6.45, 7) is 3.51. The summed E-state index contributed by atoms with van der Waals surface area (Å²) in [6.07, 6.45) is 2.14. The van der Waals surface area contributed by atoms with Crippen molar-refractivity contribution in [3.8, 4) is 0 Å². The fourth-order valence-electron chi connectivity index (χ4n) is 1.76. The van der Waals surface area contributed by atoms with Gasteiger partial charge in [-0.05, 0) is 24.8 Å². The van der Waals surface area contributed by atoms with Crippen LogP contribution < -0.4 is 0 Å². The highest BCUT2D eigenvalue weighted by Crippen LogP contribution is 2.15. The lowest BCUT2D eigenvalue weighted by Gasteiger charge is -2.17. The van der Waals surface area contributed by atoms with Gasteiger partial charge in [-0.15, -0.1) is 6.58 Å². The van der Waals surface area contributed by atoms with Gasteiger partial charge < -0.3 is 10.2 Å². The molecule has 0 aliphatic carbocycles. The number of hydrogen-bond acceptors (Lipinski definition) is 2. The molecule has 0 radical (unpaired) electrons. The first-order chi connectivity index (χ1) is 8.15. The molecule has 0 aliphatic rings. The van der Waals surface area contributed by atoms with Crippen LogP contribution in [0.2, 0.25) is 0 Å². The maximum atomic E-state index is 10.9. The van der Waals surface area contributed by atoms with Crippen molar-refractivity contribution in [2.24, 2.45) is 5.92 Å². The molecule has 0 bridgehead atoms. The third-order valence-corrected chi connectivity index (χ3v) is 2.77. The first kappa shape index (κ1) is 13.5. The van der Waals surface area contributed by atoms with E-state index in [0.29, 0.717) is 19.3 Å². The van der Waals surface area contributed by atoms with E-state index in [0.717, 1.165) is 5.56 Å². The van der Waals surface area contributed by atoms with Crippen LogP contribution in [-0.4, -0.2) is 22.3 Å². The summed E-state index contributed by atoms with van der Waals surface area (Å²) in [6, 6.07) is 9.73. The van der Waals surface area contributed by atoms with Crippen molar-refractivity contribution < 1.29 is 15.0 Å². The van der Waals surface area contributed by atoms with Crippen LogP contribution in [0.1, 0.15) is 18.4 Å². The van der Waals surface area contributed by atoms with Gasteiger partial charge in [-0.1, -0.05) is 36.4 Å². The van der Waals surface area contributed by atoms with Crippen LogP contribution >= 0.6 is 0 Å². The second-order valence-corrected chi connectivity index (χ2v) is 4.06. The molecule has 0 amide bonds. The van der Waals surface area contributed by atoms with Crippen LogP contribution in [0.3, 0.4) is 0 Å². The molecule has 0 saturated carbocycles. The number of hydrogen-bond donors (Lipinski definition) is 2. The molecule has 0 heterocycles. The maximum absolute atomic E-state index is 10.9. The Balaban J connectivity index is 2.50. The number of carboxylic acids is 1. The van der Waals surface area contributed by atoms with Gasteiger partial charge in [-0.3, -0.25) is 4.79 Å². The standard InChI is InChI=1S/C14H18O3/c1-2-6-12(14(16)17)13(15)10-9-11-7-4-3-5-8-11/h2-5,7-8,12-13,15H,1,6,9-10H2,(H,16,17). The lowest BCUT2D eigenvalue weighted by atomic mass is 9.94. The predicted octanol–water partition coefficient (Wildman–Crippen LogP) is 2.26. The minimum absolute atomic E-state index is 0.297. The lowest BCUT2D eigenvalue weighted by molar-refractivity contribution is -0.145. The summed E-state index contributed by atoms with van der Waals surface area (Å²) in [5.41, 5.74) is 1.11. The van der Waals surface area contributed by atoms with Gasteiger partial charge >= 0.3 is 5.97 Å². The zero-order valence-corrected chi connectivity index (χ0v) is 9.75. The number of rotatable bonds is 7. The normalized spacial score (nSPS) is 13.9. The van der Waals surface area contributed by atoms with Crippen molar-refractivity contribution in [1.82, 2.24) is 0 Å². The van der Waals surface area contributed by atoms with E-state index < -0.39 is 18.0 Å². The fourth-order valence-corrected chi connectivity index (χ4v) is 1.76. The summed E-state index contributed by atoms with van der Waals surface area (Å²) in [5.74, 6) is -1.72. The molecule has 1 aromatic carbocycles. The van der Waals surface area contributed by atoms with E-state index in [2.05, 4.69) is 6.58 Å². The Morgan fingerprint density at radius 3 is 2.53 bits per heavy atom. The molecule has 0 aromatic heterocycles. The lowest BCUT2D eigenvalue weighted by Crippen LogP contribution is -2.28. The number of benzene rings is 1. The van der Waals surface area contributed by atoms with Crippen molar-refractivity contribution in [2.45, 2.75) is 25.4 Å². The van der Waals surface area contributed by atoms with Gasteiger partial charge in [0.05, 0.1) is 12.0 Å². The Hall–Kier alpha value is -1.61. The monoisotopic (exact) mass is 234 g/mol. The van der Waals surface area contributed by atoms with Crippen LogP contribution in [0.15, 0.2) is 43.0 Å². The summed E-state index contributed by atoms with van der Waals surface area (Å²) in [7, 11) is 0. The highest BCUT2D eigenvalue weighted by Gasteiger charge is 2.24. The topological polar surface area (TPSA) is 57.5 Å². The van der Waals surface area contributed by atoms with Crippen molar-refractivity contribution in [2.75, 3.05) is 0 Å². The van der Waals surface area contributed by atoms with Crippen LogP contribution in [0.25, 0.3) is 0 Å². The molecule has 3 heteroatoms. The molecule has 1 rings (SSSR count). The van der Waals surface area contributed by atoms with E-state index in [1.807, 2.05) is 30.3 Å². The van der Waals surface area contributed by atoms with E-state index in [-0.39, 0.29) is 0 Å². The largest absolute Gasteiger partial charge is 0.481 e. The summed E-state index contributed by atoms with van der Waals surface area (Å²) < 4.78 is 0. The number of aliphatic carboxylic acids is 1. The zero-order valence-electron chi connectivity index (χ0n) is 9.75. The van der Waals surface area contributed by atoms with Gasteiger partial charge in [0.15, 0.2) is 0 Å². The number of carboxylic acid groups (broad SMARTS) is 1. The summed E-state index contributed by atoms with van der Waals surface area (Å²) in [5, 5.41) is 18.8. The van der Waals surface area contributed by atoms with E-state index in [9.17, 15) is 9.90 Å². The van der Waals surface area contributed by atoms with Crippen molar-refractivity contribution in [3.05, 3.63) is 48.6 Å². The van der Waals surface area contributed by atoms with Crippen LogP contribution in [0, 0.1) is 5.92 Å². The first-order valence-corrected chi connectivity index (χ1v) is 5.71. The van der Waals surface area contributed by atoms with Crippen LogP contribution in [0.5, 0.6) is 0 Å². The smallest absolute Gasteiger partial charge is 0.309 e. The fraction of sp³-hybridized carbons (Fsp3) is 0.357. The molecule has 2 N–H and O–H groups in total. The summed E-state index contributed by atoms with van der Waals surface area (Å²) in [4.78, 5) is 10.9. The summed E-state index contributed by atoms with van der Waals surface area (Å²) >= 11 is 0. The van der Waals surface area contributed by atoms with E-state index in [1.165, 1.54) is 6.08 Å². The molecular weight excluding hydrogens is 216 g/mol. The molecule has 92 valence electrons. The second kappa shape index (κ2) is 6.86. The molecule has 0 aliphatic heterocycles. The zero-order chi connectivity index (χ0) is 12.7. The van der Waals surface area contributed by atoms with Crippen LogP contribution in [-0.2, 0) is 11.2 Å². The Morgan fingerprint density at radius 1 is 1.35 bits per heavy atom. The molecule has 3 nitrogen and oxygen atoms in total. The number of allylic oxidation sites excluding steroid dienone is 1. The molecule has 0 saturated heterocycles. The van der Waals surface area contributed by atoms with Gasteiger partial charge in [0, 0.05) is 0 Å². The molecule has 2 atom stereocenters. The Bertz CT molecular complexity index is 359. The average molecular weight is 234 g/mol. The third-order valence-electron chi connectivity index (χ3n) is 2.77. The van der Waals surface area contributed by atoms with Gasteiger partial charge in [-0.2, -0.15) is 0 Å². The van der Waals surface area contributed by atoms with Crippen molar-refractivity contribution >= 4 is 5.97 Å². The third kappa shape index (κ3) is 4.41. The average Bonchev–Trinajstić information content (AvgIpc) is 2.34. The van der Waals surface area contributed by atoms with Gasteiger partial charge in [-0.25, -0.2) is 0 Å². The predicted molar refractivity (Wildman–Crippen MR) is 66.7 cm³/mol. The van der Waals surface area contributed by atoms with E-state index in [4.69, 9.17) is 5.11 Å². The molecule has 0 spiro atoms. The number of carbonyl (C=O) groups is 1. The first-order valence-electron chi connectivity index (χ1n) is 5.71. The van der Waals surface area contributed by atoms with Crippen molar-refractivity contribution in [1.29, 1.82) is 0 Å². The van der Waals surface area contributed by atoms with Crippen LogP contribution in [0.4, 0.5) is 0 Å². The van der Waals surface area contributed by atoms with E-state index in [1.54, 1.807) is 0 Å². The molecule has 1 aromatic rings. The highest BCUT2D eigenvalue weighted by atomic mass is 16.4. The van der Waals surface area contributed by atoms with E-state index >= 15 is 0 Å². The molecule has 17 heavy (non-hydrogen) atoms. The van der Waals surface area contributed by atoms with Gasteiger partial charge in [0.2, 0.25) is 0 Å². The SMILES string of the molecule is C=CCC(C(=O)O)C(O)CCc1ccccc1. The Labute approximate surface area is 101 Å². The molecule has 2 unspecified atom stereocenters. The second-order valence-electron chi connectivity index (χ2n) is 4.06. The Kier molecular flexibility index (Phi) is 5.43. The number of aliphatic hydroxyl groups excluding tert-OH is 1. The minimum atomic E-state index is -0.967. The minimum Gasteiger partial charge on any atom is -0.481 e. The highest BCUT2D eigenvalue weighted by molar-refractivity contribution is 5.70.